The molecule has 0 aliphatic rings. The molecule has 0 saturated heterocycles. The van der Waals surface area contributed by atoms with E-state index in [1.54, 1.807) is 44.4 Å². The second-order valence-corrected chi connectivity index (χ2v) is 3.90. The lowest BCUT2D eigenvalue weighted by Crippen LogP contribution is -2.28. The molecule has 2 N–H and O–H groups in total. The van der Waals surface area contributed by atoms with Gasteiger partial charge in [-0.05, 0) is 18.2 Å². The van der Waals surface area contributed by atoms with E-state index in [4.69, 9.17) is 0 Å². The van der Waals surface area contributed by atoms with Gasteiger partial charge in [0.2, 0.25) is 0 Å². The third-order valence-corrected chi connectivity index (χ3v) is 2.18. The van der Waals surface area contributed by atoms with Crippen LogP contribution in [0.3, 0.4) is 0 Å². The molecular formula is C13H17N3O2. The molecule has 0 bridgehead atoms. The number of urea groups is 1. The molecule has 1 rings (SSSR count). The van der Waals surface area contributed by atoms with Crippen molar-refractivity contribution in [2.45, 2.75) is 0 Å². The monoisotopic (exact) mass is 247 g/mol. The molecule has 0 heterocycles. The maximum absolute atomic E-state index is 11.7. The number of anilines is 1. The summed E-state index contributed by atoms with van der Waals surface area (Å²) in [5, 5.41) is 5.23. The van der Waals surface area contributed by atoms with Gasteiger partial charge < -0.3 is 15.5 Å². The smallest absolute Gasteiger partial charge is 0.319 e. The van der Waals surface area contributed by atoms with Crippen LogP contribution in [0.15, 0.2) is 36.9 Å². The zero-order valence-electron chi connectivity index (χ0n) is 10.6. The fourth-order valence-electron chi connectivity index (χ4n) is 1.33. The molecule has 0 saturated carbocycles. The minimum atomic E-state index is -0.329. The van der Waals surface area contributed by atoms with E-state index in [0.29, 0.717) is 17.8 Å². The van der Waals surface area contributed by atoms with Gasteiger partial charge in [-0.25, -0.2) is 4.79 Å². The van der Waals surface area contributed by atoms with Gasteiger partial charge in [0.15, 0.2) is 0 Å². The van der Waals surface area contributed by atoms with E-state index in [0.717, 1.165) is 0 Å². The van der Waals surface area contributed by atoms with E-state index in [2.05, 4.69) is 17.2 Å². The Kier molecular flexibility index (Phi) is 4.92. The number of nitrogens with zero attached hydrogens (tertiary/aromatic N) is 1. The van der Waals surface area contributed by atoms with Crippen LogP contribution < -0.4 is 10.6 Å². The molecule has 0 aromatic heterocycles. The Morgan fingerprint density at radius 2 is 2.11 bits per heavy atom. The van der Waals surface area contributed by atoms with Crippen molar-refractivity contribution in [2.75, 3.05) is 26.0 Å². The second kappa shape index (κ2) is 6.44. The van der Waals surface area contributed by atoms with Crippen LogP contribution in [0.25, 0.3) is 0 Å². The first-order valence-electron chi connectivity index (χ1n) is 5.52. The van der Waals surface area contributed by atoms with Crippen molar-refractivity contribution in [3.63, 3.8) is 0 Å². The highest BCUT2D eigenvalue weighted by atomic mass is 16.2. The van der Waals surface area contributed by atoms with Crippen molar-refractivity contribution in [3.8, 4) is 0 Å². The zero-order valence-corrected chi connectivity index (χ0v) is 10.6. The Morgan fingerprint density at radius 3 is 2.72 bits per heavy atom. The Hall–Kier alpha value is -2.30. The van der Waals surface area contributed by atoms with Crippen molar-refractivity contribution in [2.24, 2.45) is 0 Å². The average molecular weight is 247 g/mol. The molecule has 1 aromatic rings. The Labute approximate surface area is 106 Å². The number of hydrogen-bond donors (Lipinski definition) is 2. The van der Waals surface area contributed by atoms with E-state index in [1.165, 1.54) is 4.90 Å². The first-order valence-corrected chi connectivity index (χ1v) is 5.52. The topological polar surface area (TPSA) is 61.4 Å². The largest absolute Gasteiger partial charge is 0.345 e. The number of benzene rings is 1. The van der Waals surface area contributed by atoms with E-state index in [-0.39, 0.29) is 11.9 Å². The second-order valence-electron chi connectivity index (χ2n) is 3.90. The molecule has 5 nitrogen and oxygen atoms in total. The number of rotatable bonds is 4. The van der Waals surface area contributed by atoms with Crippen molar-refractivity contribution < 1.29 is 9.59 Å². The van der Waals surface area contributed by atoms with Crippen LogP contribution in [0.4, 0.5) is 10.5 Å². The van der Waals surface area contributed by atoms with Crippen LogP contribution in [-0.2, 0) is 0 Å². The summed E-state index contributed by atoms with van der Waals surface area (Å²) in [5.41, 5.74) is 1.10. The lowest BCUT2D eigenvalue weighted by Gasteiger charge is -2.11. The zero-order chi connectivity index (χ0) is 13.5. The molecule has 96 valence electrons. The van der Waals surface area contributed by atoms with E-state index >= 15 is 0 Å². The molecular weight excluding hydrogens is 230 g/mol. The number of carbonyl (C=O) groups excluding carboxylic acids is 2. The van der Waals surface area contributed by atoms with E-state index < -0.39 is 0 Å². The minimum Gasteiger partial charge on any atom is -0.345 e. The van der Waals surface area contributed by atoms with Crippen molar-refractivity contribution in [1.29, 1.82) is 0 Å². The molecule has 0 radical (unpaired) electrons. The quantitative estimate of drug-likeness (QED) is 0.795. The van der Waals surface area contributed by atoms with Gasteiger partial charge in [-0.15, -0.1) is 6.58 Å². The molecule has 0 aliphatic heterocycles. The third-order valence-electron chi connectivity index (χ3n) is 2.18. The molecule has 3 amide bonds. The highest BCUT2D eigenvalue weighted by Gasteiger charge is 2.08. The summed E-state index contributed by atoms with van der Waals surface area (Å²) in [7, 11) is 3.36. The summed E-state index contributed by atoms with van der Waals surface area (Å²) < 4.78 is 0. The summed E-state index contributed by atoms with van der Waals surface area (Å²) in [6.07, 6.45) is 1.59. The van der Waals surface area contributed by atoms with Gasteiger partial charge in [0.05, 0.1) is 0 Å². The van der Waals surface area contributed by atoms with Gasteiger partial charge in [-0.2, -0.15) is 0 Å². The third kappa shape index (κ3) is 3.93. The minimum absolute atomic E-state index is 0.106. The van der Waals surface area contributed by atoms with Gasteiger partial charge in [0.25, 0.3) is 5.91 Å². The molecule has 18 heavy (non-hydrogen) atoms. The Balaban J connectivity index is 2.73. The average Bonchev–Trinajstić information content (AvgIpc) is 2.35. The fourth-order valence-corrected chi connectivity index (χ4v) is 1.33. The van der Waals surface area contributed by atoms with Crippen molar-refractivity contribution in [1.82, 2.24) is 10.2 Å². The van der Waals surface area contributed by atoms with Gasteiger partial charge in [0.1, 0.15) is 0 Å². The molecule has 0 spiro atoms. The number of nitrogens with one attached hydrogen (secondary N) is 2. The Bertz CT molecular complexity index is 455. The van der Waals surface area contributed by atoms with E-state index in [9.17, 15) is 9.59 Å². The highest BCUT2D eigenvalue weighted by Crippen LogP contribution is 2.11. The summed E-state index contributed by atoms with van der Waals surface area (Å²) in [5.74, 6) is -0.106. The standard InChI is InChI=1S/C13H17N3O2/c1-4-8-14-13(18)15-11-7-5-6-10(9-11)12(17)16(2)3/h4-7,9H,1,8H2,2-3H3,(H2,14,15,18). The molecule has 0 unspecified atom stereocenters. The molecule has 0 atom stereocenters. The SMILES string of the molecule is C=CCNC(=O)Nc1cccc(C(=O)N(C)C)c1. The van der Waals surface area contributed by atoms with Crippen LogP contribution in [0.2, 0.25) is 0 Å². The first-order chi connectivity index (χ1) is 8.54. The molecule has 0 fully saturated rings. The fraction of sp³-hybridized carbons (Fsp3) is 0.231. The van der Waals surface area contributed by atoms with Gasteiger partial charge in [0, 0.05) is 31.9 Å². The predicted molar refractivity (Wildman–Crippen MR) is 71.7 cm³/mol. The van der Waals surface area contributed by atoms with Crippen LogP contribution in [0.1, 0.15) is 10.4 Å². The lowest BCUT2D eigenvalue weighted by atomic mass is 10.2. The first kappa shape index (κ1) is 13.8. The number of amides is 3. The lowest BCUT2D eigenvalue weighted by molar-refractivity contribution is 0.0827. The van der Waals surface area contributed by atoms with Crippen LogP contribution in [0.5, 0.6) is 0 Å². The summed E-state index contributed by atoms with van der Waals surface area (Å²) in [6.45, 7) is 3.89. The van der Waals surface area contributed by atoms with Gasteiger partial charge >= 0.3 is 6.03 Å². The highest BCUT2D eigenvalue weighted by molar-refractivity contribution is 5.96. The number of hydrogen-bond acceptors (Lipinski definition) is 2. The summed E-state index contributed by atoms with van der Waals surface area (Å²) >= 11 is 0. The van der Waals surface area contributed by atoms with Gasteiger partial charge in [-0.1, -0.05) is 12.1 Å². The van der Waals surface area contributed by atoms with Crippen LogP contribution in [-0.4, -0.2) is 37.5 Å². The Morgan fingerprint density at radius 1 is 1.39 bits per heavy atom. The molecule has 0 aliphatic carbocycles. The normalized spacial score (nSPS) is 9.44. The van der Waals surface area contributed by atoms with Crippen LogP contribution >= 0.6 is 0 Å². The predicted octanol–water partition coefficient (Wildman–Crippen LogP) is 1.70. The molecule has 5 heteroatoms. The number of carbonyl (C=O) groups is 2. The van der Waals surface area contributed by atoms with Crippen LogP contribution in [0, 0.1) is 0 Å². The maximum atomic E-state index is 11.7. The molecule has 1 aromatic carbocycles. The van der Waals surface area contributed by atoms with Crippen molar-refractivity contribution in [3.05, 3.63) is 42.5 Å². The maximum Gasteiger partial charge on any atom is 0.319 e. The van der Waals surface area contributed by atoms with Gasteiger partial charge in [-0.3, -0.25) is 4.79 Å². The van der Waals surface area contributed by atoms with E-state index in [1.807, 2.05) is 0 Å². The summed E-state index contributed by atoms with van der Waals surface area (Å²) in [6, 6.07) is 6.45. The summed E-state index contributed by atoms with van der Waals surface area (Å²) in [4.78, 5) is 24.6. The van der Waals surface area contributed by atoms with Crippen molar-refractivity contribution >= 4 is 17.6 Å².